The fraction of sp³-hybridized carbons (Fsp3) is 0.929. The molecule has 0 saturated heterocycles. The van der Waals surface area contributed by atoms with Gasteiger partial charge in [-0.15, -0.1) is 0 Å². The van der Waals surface area contributed by atoms with Gasteiger partial charge in [-0.05, 0) is 104 Å². The highest BCUT2D eigenvalue weighted by atomic mass is 32.2. The van der Waals surface area contributed by atoms with Crippen LogP contribution in [0.25, 0.3) is 0 Å². The van der Waals surface area contributed by atoms with E-state index in [0.29, 0.717) is 10.8 Å². The van der Waals surface area contributed by atoms with Crippen molar-refractivity contribution in [3.05, 3.63) is 11.6 Å². The Labute approximate surface area is 186 Å². The minimum absolute atomic E-state index is 0.539. The van der Waals surface area contributed by atoms with Crippen molar-refractivity contribution in [1.82, 2.24) is 0 Å². The highest BCUT2D eigenvalue weighted by Gasteiger charge is 2.59. The van der Waals surface area contributed by atoms with Gasteiger partial charge in [0.05, 0.1) is 0 Å². The van der Waals surface area contributed by atoms with Gasteiger partial charge >= 0.3 is 0 Å². The van der Waals surface area contributed by atoms with Crippen LogP contribution in [0.5, 0.6) is 0 Å². The maximum Gasteiger partial charge on any atom is 0.00819 e. The molecule has 4 aliphatic carbocycles. The van der Waals surface area contributed by atoms with Crippen molar-refractivity contribution < 1.29 is 0 Å². The molecule has 4 aliphatic rings. The summed E-state index contributed by atoms with van der Waals surface area (Å²) in [6.07, 6.45) is 21.2. The average molecular weight is 417 g/mol. The number of allylic oxidation sites excluding steroid dienone is 2. The maximum absolute atomic E-state index is 2.76. The summed E-state index contributed by atoms with van der Waals surface area (Å²) in [6, 6.07) is 0. The van der Waals surface area contributed by atoms with Crippen LogP contribution in [0.1, 0.15) is 105 Å². The standard InChI is InChI=1S/C28H48S/c1-19(2)8-7-9-20(3)24-12-13-25-23-11-10-21-18-22(29-6)14-16-27(21,4)26(23)15-17-28(24,25)5/h10,19-20,22-26H,7-9,11-18H2,1-6H3/t20-,22+,23-,24+,25-,26-,27-,28+/m0/s1. The van der Waals surface area contributed by atoms with Gasteiger partial charge in [-0.3, -0.25) is 0 Å². The van der Waals surface area contributed by atoms with Crippen LogP contribution in [0.3, 0.4) is 0 Å². The minimum atomic E-state index is 0.539. The lowest BCUT2D eigenvalue weighted by molar-refractivity contribution is -0.0497. The van der Waals surface area contributed by atoms with Gasteiger partial charge in [-0.2, -0.15) is 11.8 Å². The zero-order valence-corrected chi connectivity index (χ0v) is 21.1. The highest BCUT2D eigenvalue weighted by Crippen LogP contribution is 2.67. The van der Waals surface area contributed by atoms with Crippen molar-refractivity contribution >= 4 is 11.8 Å². The SMILES string of the molecule is CS[C@@H]1CC[C@@]2(C)C(=CC[C@H]3[C@@H]4CC[C@H]([C@@H](C)CCCC(C)C)[C@@]4(C)CC[C@@H]32)C1. The third-order valence-electron chi connectivity index (χ3n) is 10.6. The Morgan fingerprint density at radius 1 is 1.00 bits per heavy atom. The molecule has 8 atom stereocenters. The van der Waals surface area contributed by atoms with Gasteiger partial charge in [0.2, 0.25) is 0 Å². The molecule has 0 unspecified atom stereocenters. The zero-order valence-electron chi connectivity index (χ0n) is 20.3. The predicted molar refractivity (Wildman–Crippen MR) is 130 cm³/mol. The molecule has 3 fully saturated rings. The smallest absolute Gasteiger partial charge is 0.00819 e. The first kappa shape index (κ1) is 22.3. The fourth-order valence-electron chi connectivity index (χ4n) is 8.85. The summed E-state index contributed by atoms with van der Waals surface area (Å²) in [5, 5.41) is 0.891. The molecule has 0 aromatic rings. The second-order valence-corrected chi connectivity index (χ2v) is 13.5. The molecule has 1 heteroatoms. The molecule has 0 spiro atoms. The Bertz CT molecular complexity index is 605. The Morgan fingerprint density at radius 3 is 2.52 bits per heavy atom. The van der Waals surface area contributed by atoms with E-state index in [4.69, 9.17) is 0 Å². The predicted octanol–water partition coefficient (Wildman–Crippen LogP) is 8.76. The van der Waals surface area contributed by atoms with Crippen LogP contribution in [0, 0.1) is 46.3 Å². The first-order chi connectivity index (χ1) is 13.8. The lowest BCUT2D eigenvalue weighted by Gasteiger charge is -2.58. The van der Waals surface area contributed by atoms with Crippen LogP contribution in [-0.4, -0.2) is 11.5 Å². The van der Waals surface area contributed by atoms with E-state index in [1.165, 1.54) is 70.6 Å². The van der Waals surface area contributed by atoms with E-state index >= 15 is 0 Å². The molecule has 0 aromatic heterocycles. The van der Waals surface area contributed by atoms with E-state index in [1.807, 2.05) is 5.57 Å². The van der Waals surface area contributed by atoms with E-state index in [-0.39, 0.29) is 0 Å². The van der Waals surface area contributed by atoms with Crippen LogP contribution in [0.4, 0.5) is 0 Å². The molecular formula is C28H48S. The molecule has 4 rings (SSSR count). The van der Waals surface area contributed by atoms with Crippen LogP contribution < -0.4 is 0 Å². The normalized spacial score (nSPS) is 45.3. The van der Waals surface area contributed by atoms with Gasteiger partial charge < -0.3 is 0 Å². The van der Waals surface area contributed by atoms with Gasteiger partial charge in [0.15, 0.2) is 0 Å². The van der Waals surface area contributed by atoms with Crippen LogP contribution in [-0.2, 0) is 0 Å². The summed E-state index contributed by atoms with van der Waals surface area (Å²) in [6.45, 7) is 12.8. The van der Waals surface area contributed by atoms with E-state index in [2.05, 4.69) is 58.7 Å². The molecule has 0 nitrogen and oxygen atoms in total. The van der Waals surface area contributed by atoms with Gasteiger partial charge in [0.1, 0.15) is 0 Å². The molecule has 0 heterocycles. The third-order valence-corrected chi connectivity index (χ3v) is 11.7. The maximum atomic E-state index is 2.76. The Hall–Kier alpha value is 0.0900. The summed E-state index contributed by atoms with van der Waals surface area (Å²) in [4.78, 5) is 0. The molecule has 0 bridgehead atoms. The second kappa shape index (κ2) is 8.55. The third kappa shape index (κ3) is 3.89. The monoisotopic (exact) mass is 416 g/mol. The summed E-state index contributed by atoms with van der Waals surface area (Å²) < 4.78 is 0. The molecule has 0 aliphatic heterocycles. The molecule has 0 aromatic carbocycles. The summed E-state index contributed by atoms with van der Waals surface area (Å²) >= 11 is 2.12. The zero-order chi connectivity index (χ0) is 20.8. The van der Waals surface area contributed by atoms with Gasteiger partial charge in [-0.25, -0.2) is 0 Å². The number of fused-ring (bicyclic) bond motifs is 5. The van der Waals surface area contributed by atoms with Crippen molar-refractivity contribution in [3.63, 3.8) is 0 Å². The fourth-order valence-corrected chi connectivity index (χ4v) is 9.55. The topological polar surface area (TPSA) is 0 Å². The Kier molecular flexibility index (Phi) is 6.57. The van der Waals surface area contributed by atoms with Crippen molar-refractivity contribution in [3.8, 4) is 0 Å². The largest absolute Gasteiger partial charge is 0.162 e. The highest BCUT2D eigenvalue weighted by molar-refractivity contribution is 7.99. The summed E-state index contributed by atoms with van der Waals surface area (Å²) in [5.41, 5.74) is 3.04. The summed E-state index contributed by atoms with van der Waals surface area (Å²) in [5.74, 6) is 5.77. The summed E-state index contributed by atoms with van der Waals surface area (Å²) in [7, 11) is 0. The van der Waals surface area contributed by atoms with Gasteiger partial charge in [0.25, 0.3) is 0 Å². The number of rotatable bonds is 6. The Balaban J connectivity index is 1.48. The van der Waals surface area contributed by atoms with E-state index in [9.17, 15) is 0 Å². The van der Waals surface area contributed by atoms with Gasteiger partial charge in [0, 0.05) is 5.25 Å². The van der Waals surface area contributed by atoms with E-state index < -0.39 is 0 Å². The molecule has 0 radical (unpaired) electrons. The van der Waals surface area contributed by atoms with E-state index in [1.54, 1.807) is 0 Å². The van der Waals surface area contributed by atoms with Crippen LogP contribution in [0.2, 0.25) is 0 Å². The quantitative estimate of drug-likeness (QED) is 0.390. The first-order valence-corrected chi connectivity index (χ1v) is 14.3. The van der Waals surface area contributed by atoms with E-state index in [0.717, 1.165) is 40.8 Å². The van der Waals surface area contributed by atoms with Crippen molar-refractivity contribution in [2.45, 2.75) is 110 Å². The number of hydrogen-bond donors (Lipinski definition) is 0. The van der Waals surface area contributed by atoms with Crippen LogP contribution in [0.15, 0.2) is 11.6 Å². The molecule has 0 N–H and O–H groups in total. The molecule has 29 heavy (non-hydrogen) atoms. The molecular weight excluding hydrogens is 368 g/mol. The van der Waals surface area contributed by atoms with Gasteiger partial charge in [-0.1, -0.05) is 65.5 Å². The molecule has 166 valence electrons. The lowest BCUT2D eigenvalue weighted by atomic mass is 9.47. The molecule has 3 saturated carbocycles. The average Bonchev–Trinajstić information content (AvgIpc) is 3.04. The van der Waals surface area contributed by atoms with Crippen molar-refractivity contribution in [2.75, 3.05) is 6.26 Å². The Morgan fingerprint density at radius 2 is 1.79 bits per heavy atom. The van der Waals surface area contributed by atoms with Crippen molar-refractivity contribution in [1.29, 1.82) is 0 Å². The molecule has 0 amide bonds. The van der Waals surface area contributed by atoms with Crippen LogP contribution >= 0.6 is 11.8 Å². The minimum Gasteiger partial charge on any atom is -0.162 e. The number of hydrogen-bond acceptors (Lipinski definition) is 1. The first-order valence-electron chi connectivity index (χ1n) is 13.0. The number of thioether (sulfide) groups is 1. The second-order valence-electron chi connectivity index (χ2n) is 12.4. The lowest BCUT2D eigenvalue weighted by Crippen LogP contribution is -2.50. The van der Waals surface area contributed by atoms with Crippen molar-refractivity contribution in [2.24, 2.45) is 46.3 Å².